The van der Waals surface area contributed by atoms with Gasteiger partial charge in [-0.05, 0) is 30.7 Å². The van der Waals surface area contributed by atoms with Crippen LogP contribution in [0.5, 0.6) is 0 Å². The van der Waals surface area contributed by atoms with Crippen LogP contribution in [0.3, 0.4) is 0 Å². The second kappa shape index (κ2) is 8.92. The molecular formula is C15H24N2S. The van der Waals surface area contributed by atoms with Crippen molar-refractivity contribution in [3.8, 4) is 0 Å². The molecule has 0 saturated carbocycles. The highest BCUT2D eigenvalue weighted by molar-refractivity contribution is 7.80. The zero-order valence-corrected chi connectivity index (χ0v) is 12.1. The standard InChI is InChI=1S/C15H24N2S/c1-2-3-4-5-6-7-12-17-14-10-8-13(9-11-14)15(16)18/h8-11,17H,2-7,12H2,1H3,(H2,16,18). The second-order valence-corrected chi connectivity index (χ2v) is 5.08. The Kier molecular flexibility index (Phi) is 7.42. The lowest BCUT2D eigenvalue weighted by Gasteiger charge is -2.07. The fourth-order valence-corrected chi connectivity index (χ4v) is 2.03. The van der Waals surface area contributed by atoms with Crippen molar-refractivity contribution < 1.29 is 0 Å². The van der Waals surface area contributed by atoms with Crippen LogP contribution in [0.1, 0.15) is 51.0 Å². The molecule has 0 atom stereocenters. The molecule has 100 valence electrons. The number of anilines is 1. The Morgan fingerprint density at radius 3 is 2.28 bits per heavy atom. The third kappa shape index (κ3) is 6.01. The van der Waals surface area contributed by atoms with E-state index < -0.39 is 0 Å². The van der Waals surface area contributed by atoms with Gasteiger partial charge in [0, 0.05) is 17.8 Å². The molecule has 0 fully saturated rings. The predicted molar refractivity (Wildman–Crippen MR) is 84.2 cm³/mol. The van der Waals surface area contributed by atoms with Gasteiger partial charge in [0.15, 0.2) is 0 Å². The average Bonchev–Trinajstić information content (AvgIpc) is 2.38. The molecule has 0 radical (unpaired) electrons. The van der Waals surface area contributed by atoms with Crippen LogP contribution >= 0.6 is 12.2 Å². The Morgan fingerprint density at radius 1 is 1.06 bits per heavy atom. The first-order valence-corrected chi connectivity index (χ1v) is 7.28. The fraction of sp³-hybridized carbons (Fsp3) is 0.533. The molecule has 18 heavy (non-hydrogen) atoms. The van der Waals surface area contributed by atoms with Crippen LogP contribution in [0.2, 0.25) is 0 Å². The van der Waals surface area contributed by atoms with Crippen LogP contribution in [0.15, 0.2) is 24.3 Å². The average molecular weight is 264 g/mol. The van der Waals surface area contributed by atoms with Crippen LogP contribution in [0.25, 0.3) is 0 Å². The molecule has 0 heterocycles. The molecule has 3 heteroatoms. The lowest BCUT2D eigenvalue weighted by Crippen LogP contribution is -2.09. The molecule has 0 bridgehead atoms. The number of benzene rings is 1. The highest BCUT2D eigenvalue weighted by Gasteiger charge is 1.96. The number of rotatable bonds is 9. The SMILES string of the molecule is CCCCCCCCNc1ccc(C(N)=S)cc1. The summed E-state index contributed by atoms with van der Waals surface area (Å²) in [7, 11) is 0. The van der Waals surface area contributed by atoms with E-state index in [1.165, 1.54) is 38.5 Å². The molecule has 1 rings (SSSR count). The van der Waals surface area contributed by atoms with E-state index in [2.05, 4.69) is 12.2 Å². The predicted octanol–water partition coefficient (Wildman–Crippen LogP) is 4.09. The minimum absolute atomic E-state index is 0.456. The summed E-state index contributed by atoms with van der Waals surface area (Å²) >= 11 is 4.92. The van der Waals surface area contributed by atoms with E-state index in [0.717, 1.165) is 17.8 Å². The number of unbranched alkanes of at least 4 members (excludes halogenated alkanes) is 5. The molecule has 1 aromatic rings. The summed E-state index contributed by atoms with van der Waals surface area (Å²) < 4.78 is 0. The molecular weight excluding hydrogens is 240 g/mol. The Hall–Kier alpha value is -1.09. The summed E-state index contributed by atoms with van der Waals surface area (Å²) in [5, 5.41) is 3.42. The summed E-state index contributed by atoms with van der Waals surface area (Å²) in [4.78, 5) is 0.456. The lowest BCUT2D eigenvalue weighted by atomic mass is 10.1. The van der Waals surface area contributed by atoms with E-state index >= 15 is 0 Å². The van der Waals surface area contributed by atoms with Gasteiger partial charge >= 0.3 is 0 Å². The monoisotopic (exact) mass is 264 g/mol. The fourth-order valence-electron chi connectivity index (χ4n) is 1.89. The van der Waals surface area contributed by atoms with E-state index in [1.807, 2.05) is 24.3 Å². The Bertz CT molecular complexity index is 346. The summed E-state index contributed by atoms with van der Waals surface area (Å²) in [6.07, 6.45) is 7.97. The van der Waals surface area contributed by atoms with Gasteiger partial charge in [0.2, 0.25) is 0 Å². The van der Waals surface area contributed by atoms with Crippen molar-refractivity contribution >= 4 is 22.9 Å². The topological polar surface area (TPSA) is 38.0 Å². The summed E-state index contributed by atoms with van der Waals surface area (Å²) in [6.45, 7) is 3.29. The number of nitrogens with one attached hydrogen (secondary N) is 1. The zero-order chi connectivity index (χ0) is 13.2. The summed E-state index contributed by atoms with van der Waals surface area (Å²) in [6, 6.07) is 8.00. The van der Waals surface area contributed by atoms with Gasteiger partial charge in [-0.25, -0.2) is 0 Å². The van der Waals surface area contributed by atoms with Gasteiger partial charge in [0.05, 0.1) is 0 Å². The van der Waals surface area contributed by atoms with Crippen LogP contribution in [-0.2, 0) is 0 Å². The second-order valence-electron chi connectivity index (χ2n) is 4.64. The molecule has 0 spiro atoms. The molecule has 2 nitrogen and oxygen atoms in total. The normalized spacial score (nSPS) is 10.3. The van der Waals surface area contributed by atoms with Gasteiger partial charge in [0.25, 0.3) is 0 Å². The van der Waals surface area contributed by atoms with Crippen molar-refractivity contribution in [3.63, 3.8) is 0 Å². The minimum Gasteiger partial charge on any atom is -0.389 e. The van der Waals surface area contributed by atoms with Crippen molar-refractivity contribution in [1.29, 1.82) is 0 Å². The number of nitrogens with two attached hydrogens (primary N) is 1. The third-order valence-corrected chi connectivity index (χ3v) is 3.26. The minimum atomic E-state index is 0.456. The van der Waals surface area contributed by atoms with Crippen LogP contribution < -0.4 is 11.1 Å². The third-order valence-electron chi connectivity index (χ3n) is 3.03. The molecule has 0 amide bonds. The molecule has 0 saturated heterocycles. The zero-order valence-electron chi connectivity index (χ0n) is 11.2. The number of hydrogen-bond acceptors (Lipinski definition) is 2. The largest absolute Gasteiger partial charge is 0.389 e. The van der Waals surface area contributed by atoms with Crippen molar-refractivity contribution in [2.24, 2.45) is 5.73 Å². The van der Waals surface area contributed by atoms with Crippen LogP contribution in [0.4, 0.5) is 5.69 Å². The van der Waals surface area contributed by atoms with Gasteiger partial charge in [0.1, 0.15) is 4.99 Å². The first kappa shape index (κ1) is 15.0. The highest BCUT2D eigenvalue weighted by Crippen LogP contribution is 2.10. The van der Waals surface area contributed by atoms with Gasteiger partial charge in [-0.2, -0.15) is 0 Å². The Labute approximate surface area is 116 Å². The van der Waals surface area contributed by atoms with Gasteiger partial charge < -0.3 is 11.1 Å². The van der Waals surface area contributed by atoms with E-state index in [9.17, 15) is 0 Å². The maximum absolute atomic E-state index is 5.55. The molecule has 0 unspecified atom stereocenters. The molecule has 1 aromatic carbocycles. The summed E-state index contributed by atoms with van der Waals surface area (Å²) in [5.41, 5.74) is 7.62. The molecule has 3 N–H and O–H groups in total. The quantitative estimate of drug-likeness (QED) is 0.521. The maximum Gasteiger partial charge on any atom is 0.103 e. The Morgan fingerprint density at radius 2 is 1.67 bits per heavy atom. The van der Waals surface area contributed by atoms with E-state index in [4.69, 9.17) is 18.0 Å². The maximum atomic E-state index is 5.55. The van der Waals surface area contributed by atoms with E-state index in [-0.39, 0.29) is 0 Å². The first-order chi connectivity index (χ1) is 8.74. The number of hydrogen-bond donors (Lipinski definition) is 2. The van der Waals surface area contributed by atoms with Gasteiger partial charge in [-0.3, -0.25) is 0 Å². The van der Waals surface area contributed by atoms with Crippen molar-refractivity contribution in [1.82, 2.24) is 0 Å². The molecule has 0 aliphatic carbocycles. The van der Waals surface area contributed by atoms with Gasteiger partial charge in [-0.15, -0.1) is 0 Å². The molecule has 0 aromatic heterocycles. The van der Waals surface area contributed by atoms with Gasteiger partial charge in [-0.1, -0.05) is 51.2 Å². The van der Waals surface area contributed by atoms with E-state index in [1.54, 1.807) is 0 Å². The van der Waals surface area contributed by atoms with Crippen LogP contribution in [-0.4, -0.2) is 11.5 Å². The molecule has 0 aliphatic heterocycles. The highest BCUT2D eigenvalue weighted by atomic mass is 32.1. The first-order valence-electron chi connectivity index (χ1n) is 6.87. The number of thiocarbonyl (C=S) groups is 1. The molecule has 0 aliphatic rings. The van der Waals surface area contributed by atoms with Crippen molar-refractivity contribution in [2.45, 2.75) is 45.4 Å². The lowest BCUT2D eigenvalue weighted by molar-refractivity contribution is 0.617. The van der Waals surface area contributed by atoms with E-state index in [0.29, 0.717) is 4.99 Å². The Balaban J connectivity index is 2.14. The van der Waals surface area contributed by atoms with Crippen molar-refractivity contribution in [2.75, 3.05) is 11.9 Å². The van der Waals surface area contributed by atoms with Crippen LogP contribution in [0, 0.1) is 0 Å². The summed E-state index contributed by atoms with van der Waals surface area (Å²) in [5.74, 6) is 0. The van der Waals surface area contributed by atoms with Crippen molar-refractivity contribution in [3.05, 3.63) is 29.8 Å². The smallest absolute Gasteiger partial charge is 0.103 e.